The zero-order valence-electron chi connectivity index (χ0n) is 17.0. The summed E-state index contributed by atoms with van der Waals surface area (Å²) in [5, 5.41) is 11.2. The van der Waals surface area contributed by atoms with E-state index in [4.69, 9.17) is 9.15 Å². The van der Waals surface area contributed by atoms with Crippen LogP contribution in [-0.4, -0.2) is 42.2 Å². The summed E-state index contributed by atoms with van der Waals surface area (Å²) in [4.78, 5) is 36.1. The summed E-state index contributed by atoms with van der Waals surface area (Å²) in [5.41, 5.74) is 0.743. The van der Waals surface area contributed by atoms with Gasteiger partial charge in [-0.15, -0.1) is 0 Å². The smallest absolute Gasteiger partial charge is 0.280 e. The summed E-state index contributed by atoms with van der Waals surface area (Å²) in [6, 6.07) is 16.0. The van der Waals surface area contributed by atoms with Crippen molar-refractivity contribution in [2.75, 3.05) is 20.7 Å². The van der Waals surface area contributed by atoms with Crippen molar-refractivity contribution in [3.05, 3.63) is 88.2 Å². The number of amides is 1. The van der Waals surface area contributed by atoms with Crippen molar-refractivity contribution in [2.24, 2.45) is 0 Å². The molecule has 1 heterocycles. The molecule has 8 nitrogen and oxygen atoms in total. The van der Waals surface area contributed by atoms with E-state index in [1.165, 1.54) is 23.1 Å². The van der Waals surface area contributed by atoms with Crippen LogP contribution < -0.4 is 4.74 Å². The number of allylic oxidation sites excluding steroid dienone is 1. The molecule has 1 aromatic heterocycles. The van der Waals surface area contributed by atoms with Crippen molar-refractivity contribution < 1.29 is 23.7 Å². The Kier molecular flexibility index (Phi) is 6.61. The molecule has 1 amide bonds. The Labute approximate surface area is 178 Å². The van der Waals surface area contributed by atoms with Gasteiger partial charge in [0.05, 0.1) is 10.5 Å². The molecule has 0 atom stereocenters. The molecular weight excluding hydrogens is 400 g/mol. The number of nitrogens with zero attached hydrogens (tertiary/aromatic N) is 2. The number of nitro benzene ring substituents is 1. The van der Waals surface area contributed by atoms with Crippen LogP contribution in [0.4, 0.5) is 5.69 Å². The first-order valence-corrected chi connectivity index (χ1v) is 9.34. The Hall–Kier alpha value is -4.20. The number of nitro groups is 1. The molecule has 0 saturated carbocycles. The maximum Gasteiger partial charge on any atom is 0.280 e. The Balaban J connectivity index is 1.66. The lowest BCUT2D eigenvalue weighted by atomic mass is 10.1. The topological polar surface area (TPSA) is 103 Å². The molecule has 0 fully saturated rings. The van der Waals surface area contributed by atoms with Gasteiger partial charge < -0.3 is 14.1 Å². The van der Waals surface area contributed by atoms with E-state index in [1.54, 1.807) is 68.7 Å². The molecule has 0 N–H and O–H groups in total. The fraction of sp³-hybridized carbons (Fsp3) is 0.130. The van der Waals surface area contributed by atoms with Crippen molar-refractivity contribution in [1.82, 2.24) is 4.90 Å². The zero-order chi connectivity index (χ0) is 22.4. The molecule has 31 heavy (non-hydrogen) atoms. The largest absolute Gasteiger partial charge is 0.484 e. The number of hydrogen-bond acceptors (Lipinski definition) is 6. The van der Waals surface area contributed by atoms with Gasteiger partial charge in [-0.1, -0.05) is 12.1 Å². The molecule has 0 radical (unpaired) electrons. The lowest BCUT2D eigenvalue weighted by Gasteiger charge is -2.11. The molecule has 8 heteroatoms. The summed E-state index contributed by atoms with van der Waals surface area (Å²) >= 11 is 0. The van der Waals surface area contributed by atoms with Crippen molar-refractivity contribution in [3.63, 3.8) is 0 Å². The molecule has 0 aliphatic rings. The van der Waals surface area contributed by atoms with Gasteiger partial charge in [-0.2, -0.15) is 0 Å². The number of ketones is 1. The molecule has 0 aliphatic carbocycles. The first-order chi connectivity index (χ1) is 14.8. The normalized spacial score (nSPS) is 10.8. The molecule has 0 saturated heterocycles. The molecule has 0 aliphatic heterocycles. The molecule has 158 valence electrons. The van der Waals surface area contributed by atoms with Crippen LogP contribution in [0.25, 0.3) is 17.4 Å². The average molecular weight is 420 g/mol. The van der Waals surface area contributed by atoms with Crippen LogP contribution in [0.2, 0.25) is 0 Å². The number of carbonyl (C=O) groups is 2. The first kappa shape index (κ1) is 21.5. The Morgan fingerprint density at radius 3 is 2.45 bits per heavy atom. The molecule has 0 bridgehead atoms. The second-order valence-electron chi connectivity index (χ2n) is 6.78. The van der Waals surface area contributed by atoms with Gasteiger partial charge in [-0.3, -0.25) is 19.7 Å². The molecule has 2 aromatic carbocycles. The van der Waals surface area contributed by atoms with Crippen LogP contribution >= 0.6 is 0 Å². The summed E-state index contributed by atoms with van der Waals surface area (Å²) in [6.07, 6.45) is 2.86. The molecule has 3 aromatic rings. The van der Waals surface area contributed by atoms with Crippen LogP contribution in [0.1, 0.15) is 16.1 Å². The van der Waals surface area contributed by atoms with Crippen LogP contribution in [0.3, 0.4) is 0 Å². The quantitative estimate of drug-likeness (QED) is 0.234. The Morgan fingerprint density at radius 1 is 1.06 bits per heavy atom. The highest BCUT2D eigenvalue weighted by Crippen LogP contribution is 2.31. The molecule has 0 unspecified atom stereocenters. The van der Waals surface area contributed by atoms with Crippen LogP contribution in [0.5, 0.6) is 5.75 Å². The van der Waals surface area contributed by atoms with Gasteiger partial charge in [-0.25, -0.2) is 0 Å². The third-order valence-electron chi connectivity index (χ3n) is 4.39. The van der Waals surface area contributed by atoms with Crippen molar-refractivity contribution >= 4 is 23.5 Å². The minimum absolute atomic E-state index is 0.0574. The monoisotopic (exact) mass is 420 g/mol. The predicted octanol–water partition coefficient (Wildman–Crippen LogP) is 4.22. The van der Waals surface area contributed by atoms with Crippen LogP contribution in [0, 0.1) is 10.1 Å². The Bertz CT molecular complexity index is 1130. The maximum atomic E-state index is 12.4. The van der Waals surface area contributed by atoms with E-state index >= 15 is 0 Å². The van der Waals surface area contributed by atoms with E-state index in [9.17, 15) is 19.7 Å². The number of rotatable bonds is 8. The third-order valence-corrected chi connectivity index (χ3v) is 4.39. The maximum absolute atomic E-state index is 12.4. The van der Waals surface area contributed by atoms with Gasteiger partial charge in [0.2, 0.25) is 0 Å². The van der Waals surface area contributed by atoms with Crippen molar-refractivity contribution in [2.45, 2.75) is 0 Å². The van der Waals surface area contributed by atoms with Crippen molar-refractivity contribution in [3.8, 4) is 17.1 Å². The summed E-state index contributed by atoms with van der Waals surface area (Å²) in [5.74, 6) is 0.800. The molecular formula is C23H20N2O6. The number of likely N-dealkylation sites (N-methyl/N-ethyl adjacent to an activating group) is 1. The third kappa shape index (κ3) is 5.45. The van der Waals surface area contributed by atoms with E-state index in [0.717, 1.165) is 0 Å². The van der Waals surface area contributed by atoms with E-state index < -0.39 is 4.92 Å². The highest BCUT2D eigenvalue weighted by Gasteiger charge is 2.16. The van der Waals surface area contributed by atoms with Gasteiger partial charge in [0, 0.05) is 25.7 Å². The van der Waals surface area contributed by atoms with Crippen LogP contribution in [-0.2, 0) is 4.79 Å². The number of furan rings is 1. The number of para-hydroxylation sites is 1. The lowest BCUT2D eigenvalue weighted by molar-refractivity contribution is -0.384. The van der Waals surface area contributed by atoms with Gasteiger partial charge in [0.1, 0.15) is 17.3 Å². The van der Waals surface area contributed by atoms with Crippen molar-refractivity contribution in [1.29, 1.82) is 0 Å². The number of carbonyl (C=O) groups excluding carboxylic acids is 2. The number of ether oxygens (including phenoxy) is 1. The minimum Gasteiger partial charge on any atom is -0.484 e. The minimum atomic E-state index is -0.472. The lowest BCUT2D eigenvalue weighted by Crippen LogP contribution is -2.27. The van der Waals surface area contributed by atoms with Gasteiger partial charge in [-0.05, 0) is 54.6 Å². The Morgan fingerprint density at radius 2 is 1.77 bits per heavy atom. The number of benzene rings is 2. The highest BCUT2D eigenvalue weighted by molar-refractivity contribution is 6.06. The first-order valence-electron chi connectivity index (χ1n) is 9.34. The zero-order valence-corrected chi connectivity index (χ0v) is 17.0. The summed E-state index contributed by atoms with van der Waals surface area (Å²) in [7, 11) is 3.28. The second-order valence-corrected chi connectivity index (χ2v) is 6.78. The average Bonchev–Trinajstić information content (AvgIpc) is 3.25. The predicted molar refractivity (Wildman–Crippen MR) is 115 cm³/mol. The molecule has 3 rings (SSSR count). The van der Waals surface area contributed by atoms with Crippen LogP contribution in [0.15, 0.2) is 71.2 Å². The van der Waals surface area contributed by atoms with E-state index in [-0.39, 0.29) is 24.0 Å². The summed E-state index contributed by atoms with van der Waals surface area (Å²) < 4.78 is 11.0. The van der Waals surface area contributed by atoms with Gasteiger partial charge in [0.25, 0.3) is 11.6 Å². The van der Waals surface area contributed by atoms with Gasteiger partial charge in [0.15, 0.2) is 12.4 Å². The summed E-state index contributed by atoms with van der Waals surface area (Å²) in [6.45, 7) is -0.0827. The van der Waals surface area contributed by atoms with E-state index in [2.05, 4.69) is 0 Å². The highest BCUT2D eigenvalue weighted by atomic mass is 16.6. The second kappa shape index (κ2) is 9.53. The fourth-order valence-electron chi connectivity index (χ4n) is 2.67. The fourth-order valence-corrected chi connectivity index (χ4v) is 2.67. The van der Waals surface area contributed by atoms with E-state index in [1.807, 2.05) is 0 Å². The molecule has 0 spiro atoms. The standard InChI is InChI=1S/C23H20N2O6/c1-24(2)23(27)15-30-17-9-7-16(8-10-17)21(26)13-11-18-12-14-22(31-18)19-5-3-4-6-20(19)25(28)29/h3-14H,15H2,1-2H3/b13-11+. The SMILES string of the molecule is CN(C)C(=O)COc1ccc(C(=O)/C=C/c2ccc(-c3ccccc3[N+](=O)[O-])o2)cc1. The van der Waals surface area contributed by atoms with Gasteiger partial charge >= 0.3 is 0 Å². The number of hydrogen-bond donors (Lipinski definition) is 0. The van der Waals surface area contributed by atoms with E-state index in [0.29, 0.717) is 28.4 Å².